The Labute approximate surface area is 110 Å². The van der Waals surface area contributed by atoms with Crippen LogP contribution in [0.1, 0.15) is 6.42 Å². The van der Waals surface area contributed by atoms with Crippen LogP contribution in [-0.4, -0.2) is 54.8 Å². The molecule has 102 valence electrons. The molecule has 2 aliphatic heterocycles. The van der Waals surface area contributed by atoms with E-state index in [9.17, 15) is 4.79 Å². The third-order valence-electron chi connectivity index (χ3n) is 3.57. The molecule has 0 bridgehead atoms. The monoisotopic (exact) mass is 264 g/mol. The zero-order valence-electron chi connectivity index (χ0n) is 10.8. The fourth-order valence-corrected chi connectivity index (χ4v) is 2.55. The van der Waals surface area contributed by atoms with Crippen LogP contribution in [0.2, 0.25) is 0 Å². The molecule has 2 aliphatic rings. The summed E-state index contributed by atoms with van der Waals surface area (Å²) in [5.74, 6) is 1.18. The smallest absolute Gasteiger partial charge is 0.257 e. The van der Waals surface area contributed by atoms with Gasteiger partial charge in [-0.3, -0.25) is 4.79 Å². The molecule has 1 spiro atoms. The first kappa shape index (κ1) is 12.2. The van der Waals surface area contributed by atoms with Gasteiger partial charge in [-0.05, 0) is 6.42 Å². The topological polar surface area (TPSA) is 76.6 Å². The van der Waals surface area contributed by atoms with Crippen molar-refractivity contribution in [2.45, 2.75) is 12.0 Å². The van der Waals surface area contributed by atoms with Crippen molar-refractivity contribution in [2.24, 2.45) is 0 Å². The van der Waals surface area contributed by atoms with Crippen molar-refractivity contribution in [1.29, 1.82) is 0 Å². The van der Waals surface area contributed by atoms with E-state index in [-0.39, 0.29) is 18.1 Å². The highest BCUT2D eigenvalue weighted by atomic mass is 16.5. The molecule has 2 fully saturated rings. The first-order chi connectivity index (χ1) is 9.22. The van der Waals surface area contributed by atoms with Crippen LogP contribution in [0.4, 0.5) is 5.82 Å². The van der Waals surface area contributed by atoms with Gasteiger partial charge in [-0.25, -0.2) is 9.97 Å². The van der Waals surface area contributed by atoms with Gasteiger partial charge in [0.05, 0.1) is 13.7 Å². The number of aromatic nitrogens is 2. The summed E-state index contributed by atoms with van der Waals surface area (Å²) in [4.78, 5) is 21.7. The number of nitrogens with zero attached hydrogens (tertiary/aromatic N) is 3. The van der Waals surface area contributed by atoms with E-state index in [2.05, 4.69) is 20.2 Å². The van der Waals surface area contributed by atoms with Crippen LogP contribution >= 0.6 is 0 Å². The summed E-state index contributed by atoms with van der Waals surface area (Å²) in [6.45, 7) is 2.17. The number of carbonyl (C=O) groups is 1. The Morgan fingerprint density at radius 3 is 3.05 bits per heavy atom. The number of morpholine rings is 1. The summed E-state index contributed by atoms with van der Waals surface area (Å²) < 4.78 is 10.9. The molecule has 0 radical (unpaired) electrons. The highest BCUT2D eigenvalue weighted by Gasteiger charge is 2.43. The SMILES string of the molecule is COc1nccnc1N1CCC2(CNC(=O)CO2)C1. The third-order valence-corrected chi connectivity index (χ3v) is 3.57. The summed E-state index contributed by atoms with van der Waals surface area (Å²) in [6.07, 6.45) is 4.10. The molecule has 0 saturated carbocycles. The molecule has 1 N–H and O–H groups in total. The average molecular weight is 264 g/mol. The van der Waals surface area contributed by atoms with E-state index in [0.29, 0.717) is 19.0 Å². The van der Waals surface area contributed by atoms with Gasteiger partial charge in [0.25, 0.3) is 5.88 Å². The van der Waals surface area contributed by atoms with Crippen molar-refractivity contribution < 1.29 is 14.3 Å². The Hall–Kier alpha value is -1.89. The molecule has 1 aromatic heterocycles. The Bertz CT molecular complexity index is 484. The molecule has 3 rings (SSSR count). The lowest BCUT2D eigenvalue weighted by atomic mass is 10.0. The number of ether oxygens (including phenoxy) is 2. The molecule has 19 heavy (non-hydrogen) atoms. The molecule has 1 aromatic rings. The molecule has 2 saturated heterocycles. The van der Waals surface area contributed by atoms with Gasteiger partial charge in [0, 0.05) is 25.5 Å². The molecule has 7 heteroatoms. The van der Waals surface area contributed by atoms with E-state index in [4.69, 9.17) is 9.47 Å². The van der Waals surface area contributed by atoms with E-state index in [1.165, 1.54) is 0 Å². The maximum Gasteiger partial charge on any atom is 0.257 e. The quantitative estimate of drug-likeness (QED) is 0.782. The summed E-state index contributed by atoms with van der Waals surface area (Å²) in [5.41, 5.74) is -0.309. The van der Waals surface area contributed by atoms with Gasteiger partial charge in [-0.2, -0.15) is 0 Å². The van der Waals surface area contributed by atoms with Gasteiger partial charge in [0.1, 0.15) is 12.2 Å². The number of hydrogen-bond acceptors (Lipinski definition) is 6. The number of methoxy groups -OCH3 is 1. The molecular formula is C12H16N4O3. The molecule has 1 atom stereocenters. The van der Waals surface area contributed by atoms with Crippen LogP contribution in [0, 0.1) is 0 Å². The minimum atomic E-state index is -0.309. The molecule has 3 heterocycles. The van der Waals surface area contributed by atoms with Crippen LogP contribution in [0.3, 0.4) is 0 Å². The fourth-order valence-electron chi connectivity index (χ4n) is 2.55. The zero-order valence-corrected chi connectivity index (χ0v) is 10.8. The van der Waals surface area contributed by atoms with Gasteiger partial charge in [-0.15, -0.1) is 0 Å². The summed E-state index contributed by atoms with van der Waals surface area (Å²) in [5, 5.41) is 2.86. The normalized spacial score (nSPS) is 26.6. The zero-order chi connectivity index (χ0) is 13.3. The van der Waals surface area contributed by atoms with Crippen LogP contribution in [-0.2, 0) is 9.53 Å². The minimum absolute atomic E-state index is 0.0545. The van der Waals surface area contributed by atoms with Gasteiger partial charge >= 0.3 is 0 Å². The van der Waals surface area contributed by atoms with Gasteiger partial charge in [0.2, 0.25) is 5.91 Å². The molecule has 7 nitrogen and oxygen atoms in total. The predicted molar refractivity (Wildman–Crippen MR) is 67.1 cm³/mol. The summed E-state index contributed by atoms with van der Waals surface area (Å²) >= 11 is 0. The van der Waals surface area contributed by atoms with Crippen molar-refractivity contribution in [3.8, 4) is 5.88 Å². The van der Waals surface area contributed by atoms with Crippen molar-refractivity contribution in [3.63, 3.8) is 0 Å². The number of hydrogen-bond donors (Lipinski definition) is 1. The Morgan fingerprint density at radius 1 is 1.47 bits per heavy atom. The van der Waals surface area contributed by atoms with E-state index < -0.39 is 0 Å². The second-order valence-electron chi connectivity index (χ2n) is 4.81. The van der Waals surface area contributed by atoms with Crippen LogP contribution in [0.15, 0.2) is 12.4 Å². The number of rotatable bonds is 2. The lowest BCUT2D eigenvalue weighted by molar-refractivity contribution is -0.141. The Kier molecular flexibility index (Phi) is 2.98. The van der Waals surface area contributed by atoms with E-state index in [1.807, 2.05) is 0 Å². The summed E-state index contributed by atoms with van der Waals surface area (Å²) in [6, 6.07) is 0. The van der Waals surface area contributed by atoms with Gasteiger partial charge in [-0.1, -0.05) is 0 Å². The van der Waals surface area contributed by atoms with E-state index in [1.54, 1.807) is 19.5 Å². The van der Waals surface area contributed by atoms with Crippen LogP contribution < -0.4 is 15.0 Å². The number of anilines is 1. The molecule has 1 unspecified atom stereocenters. The van der Waals surface area contributed by atoms with Gasteiger partial charge < -0.3 is 19.7 Å². The van der Waals surface area contributed by atoms with E-state index in [0.717, 1.165) is 18.8 Å². The Morgan fingerprint density at radius 2 is 2.32 bits per heavy atom. The molecule has 1 amide bonds. The number of amides is 1. The second-order valence-corrected chi connectivity index (χ2v) is 4.81. The van der Waals surface area contributed by atoms with Crippen LogP contribution in [0.25, 0.3) is 0 Å². The first-order valence-electron chi connectivity index (χ1n) is 6.23. The van der Waals surface area contributed by atoms with Gasteiger partial charge in [0.15, 0.2) is 5.82 Å². The second kappa shape index (κ2) is 4.65. The lowest BCUT2D eigenvalue weighted by Crippen LogP contribution is -2.53. The van der Waals surface area contributed by atoms with E-state index >= 15 is 0 Å². The largest absolute Gasteiger partial charge is 0.478 e. The average Bonchev–Trinajstić information content (AvgIpc) is 2.86. The summed E-state index contributed by atoms with van der Waals surface area (Å²) in [7, 11) is 1.58. The van der Waals surface area contributed by atoms with Crippen molar-refractivity contribution in [3.05, 3.63) is 12.4 Å². The lowest BCUT2D eigenvalue weighted by Gasteiger charge is -2.33. The molecule has 0 aliphatic carbocycles. The first-order valence-corrected chi connectivity index (χ1v) is 6.23. The number of nitrogens with one attached hydrogen (secondary N) is 1. The minimum Gasteiger partial charge on any atom is -0.478 e. The maximum atomic E-state index is 11.2. The maximum absolute atomic E-state index is 11.2. The van der Waals surface area contributed by atoms with Crippen LogP contribution in [0.5, 0.6) is 5.88 Å². The Balaban J connectivity index is 1.77. The third kappa shape index (κ3) is 2.21. The number of carbonyl (C=O) groups excluding carboxylic acids is 1. The molecule has 0 aromatic carbocycles. The standard InChI is InChI=1S/C12H16N4O3/c1-18-11-10(13-3-4-14-11)16-5-2-12(8-16)7-15-9(17)6-19-12/h3-4H,2,5-8H2,1H3,(H,15,17). The van der Waals surface area contributed by atoms with Crippen molar-refractivity contribution in [1.82, 2.24) is 15.3 Å². The van der Waals surface area contributed by atoms with Crippen molar-refractivity contribution >= 4 is 11.7 Å². The highest BCUT2D eigenvalue weighted by Crippen LogP contribution is 2.32. The molecular weight excluding hydrogens is 248 g/mol. The predicted octanol–water partition coefficient (Wildman–Crippen LogP) is -0.419. The highest BCUT2D eigenvalue weighted by molar-refractivity contribution is 5.78. The van der Waals surface area contributed by atoms with Crippen molar-refractivity contribution in [2.75, 3.05) is 38.3 Å². The fraction of sp³-hybridized carbons (Fsp3) is 0.583.